The van der Waals surface area contributed by atoms with Gasteiger partial charge in [0, 0.05) is 13.1 Å². The van der Waals surface area contributed by atoms with Crippen molar-refractivity contribution in [2.45, 2.75) is 19.1 Å². The largest absolute Gasteiger partial charge is 0.494 e. The lowest BCUT2D eigenvalue weighted by atomic mass is 10.2. The van der Waals surface area contributed by atoms with Crippen LogP contribution in [-0.4, -0.2) is 31.3 Å². The smallest absolute Gasteiger partial charge is 0.265 e. The molecule has 96 valence electrons. The zero-order chi connectivity index (χ0) is 12.8. The molecule has 0 saturated carbocycles. The van der Waals surface area contributed by atoms with Gasteiger partial charge in [-0.1, -0.05) is 6.07 Å². The van der Waals surface area contributed by atoms with Crippen molar-refractivity contribution in [3.8, 4) is 5.75 Å². The van der Waals surface area contributed by atoms with E-state index in [2.05, 4.69) is 5.32 Å². The second-order valence-electron chi connectivity index (χ2n) is 3.50. The van der Waals surface area contributed by atoms with E-state index in [-0.39, 0.29) is 18.8 Å². The van der Waals surface area contributed by atoms with E-state index in [4.69, 9.17) is 9.84 Å². The van der Waals surface area contributed by atoms with Crippen LogP contribution >= 0.6 is 0 Å². The molecule has 17 heavy (non-hydrogen) atoms. The number of aliphatic hydroxyl groups is 1. The summed E-state index contributed by atoms with van der Waals surface area (Å²) in [6, 6.07) is 4.32. The second-order valence-corrected chi connectivity index (χ2v) is 3.50. The highest BCUT2D eigenvalue weighted by atomic mass is 19.3. The Hall–Kier alpha value is -1.27. The van der Waals surface area contributed by atoms with Gasteiger partial charge in [-0.2, -0.15) is 0 Å². The van der Waals surface area contributed by atoms with Gasteiger partial charge in [0.2, 0.25) is 0 Å². The summed E-state index contributed by atoms with van der Waals surface area (Å²) in [4.78, 5) is 0. The van der Waals surface area contributed by atoms with E-state index >= 15 is 0 Å². The molecule has 1 aromatic rings. The molecule has 3 nitrogen and oxygen atoms in total. The van der Waals surface area contributed by atoms with Crippen LogP contribution in [0, 0.1) is 5.82 Å². The molecule has 0 amide bonds. The number of hydrogen-bond donors (Lipinski definition) is 2. The van der Waals surface area contributed by atoms with Crippen molar-refractivity contribution < 1.29 is 23.0 Å². The lowest BCUT2D eigenvalue weighted by Crippen LogP contribution is -2.31. The van der Waals surface area contributed by atoms with Crippen LogP contribution in [0.5, 0.6) is 5.75 Å². The van der Waals surface area contributed by atoms with Crippen molar-refractivity contribution in [2.24, 2.45) is 0 Å². The summed E-state index contributed by atoms with van der Waals surface area (Å²) < 4.78 is 41.9. The maximum Gasteiger partial charge on any atom is 0.265 e. The van der Waals surface area contributed by atoms with Gasteiger partial charge in [0.15, 0.2) is 11.6 Å². The van der Waals surface area contributed by atoms with Gasteiger partial charge in [0.05, 0.1) is 7.11 Å². The van der Waals surface area contributed by atoms with Gasteiger partial charge in [0.1, 0.15) is 6.10 Å². The van der Waals surface area contributed by atoms with Crippen LogP contribution in [0.1, 0.15) is 5.56 Å². The summed E-state index contributed by atoms with van der Waals surface area (Å²) in [5, 5.41) is 11.4. The highest BCUT2D eigenvalue weighted by Crippen LogP contribution is 2.17. The van der Waals surface area contributed by atoms with Crippen LogP contribution in [-0.2, 0) is 6.54 Å². The molecule has 0 bridgehead atoms. The van der Waals surface area contributed by atoms with Crippen LogP contribution in [0.15, 0.2) is 18.2 Å². The van der Waals surface area contributed by atoms with Gasteiger partial charge in [-0.05, 0) is 17.7 Å². The normalized spacial score (nSPS) is 12.8. The van der Waals surface area contributed by atoms with E-state index in [0.29, 0.717) is 5.56 Å². The standard InChI is InChI=1S/C11H14F3NO2/c1-17-10-3-2-7(4-8(10)12)5-15-6-9(16)11(13)14/h2-4,9,11,15-16H,5-6H2,1H3. The third-order valence-corrected chi connectivity index (χ3v) is 2.19. The van der Waals surface area contributed by atoms with Crippen molar-refractivity contribution in [1.82, 2.24) is 5.32 Å². The molecule has 0 fully saturated rings. The van der Waals surface area contributed by atoms with E-state index < -0.39 is 18.3 Å². The third kappa shape index (κ3) is 4.24. The molecule has 1 aromatic carbocycles. The van der Waals surface area contributed by atoms with Gasteiger partial charge in [0.25, 0.3) is 6.43 Å². The fourth-order valence-corrected chi connectivity index (χ4v) is 1.27. The first-order chi connectivity index (χ1) is 8.04. The highest BCUT2D eigenvalue weighted by molar-refractivity contribution is 5.29. The summed E-state index contributed by atoms with van der Waals surface area (Å²) >= 11 is 0. The average molecular weight is 249 g/mol. The lowest BCUT2D eigenvalue weighted by molar-refractivity contribution is -0.00341. The number of benzene rings is 1. The number of rotatable bonds is 6. The summed E-state index contributed by atoms with van der Waals surface area (Å²) in [5.41, 5.74) is 0.588. The lowest BCUT2D eigenvalue weighted by Gasteiger charge is -2.11. The van der Waals surface area contributed by atoms with E-state index in [1.54, 1.807) is 6.07 Å². The Labute approximate surface area is 97.2 Å². The Kier molecular flexibility index (Phi) is 5.24. The van der Waals surface area contributed by atoms with Crippen LogP contribution in [0.25, 0.3) is 0 Å². The molecule has 1 rings (SSSR count). The van der Waals surface area contributed by atoms with Crippen molar-refractivity contribution in [1.29, 1.82) is 0 Å². The minimum atomic E-state index is -2.78. The number of hydrogen-bond acceptors (Lipinski definition) is 3. The summed E-state index contributed by atoms with van der Waals surface area (Å²) in [5.74, 6) is -0.387. The van der Waals surface area contributed by atoms with Crippen molar-refractivity contribution >= 4 is 0 Å². The summed E-state index contributed by atoms with van der Waals surface area (Å²) in [6.07, 6.45) is -4.49. The molecule has 0 spiro atoms. The molecule has 0 radical (unpaired) electrons. The summed E-state index contributed by atoms with van der Waals surface area (Å²) in [6.45, 7) is -0.0456. The first-order valence-electron chi connectivity index (χ1n) is 5.04. The quantitative estimate of drug-likeness (QED) is 0.803. The third-order valence-electron chi connectivity index (χ3n) is 2.19. The van der Waals surface area contributed by atoms with Gasteiger partial charge in [-0.15, -0.1) is 0 Å². The van der Waals surface area contributed by atoms with E-state index in [9.17, 15) is 13.2 Å². The molecular formula is C11H14F3NO2. The molecule has 0 aliphatic rings. The molecule has 0 saturated heterocycles. The van der Waals surface area contributed by atoms with E-state index in [1.807, 2.05) is 0 Å². The Balaban J connectivity index is 2.45. The molecule has 2 N–H and O–H groups in total. The predicted molar refractivity (Wildman–Crippen MR) is 56.7 cm³/mol. The Bertz CT molecular complexity index is 361. The second kappa shape index (κ2) is 6.46. The maximum atomic E-state index is 13.2. The molecule has 0 aliphatic heterocycles. The Morgan fingerprint density at radius 2 is 2.12 bits per heavy atom. The molecule has 0 aliphatic carbocycles. The summed E-state index contributed by atoms with van der Waals surface area (Å²) in [7, 11) is 1.36. The van der Waals surface area contributed by atoms with Crippen LogP contribution in [0.4, 0.5) is 13.2 Å². The number of aliphatic hydroxyl groups excluding tert-OH is 1. The highest BCUT2D eigenvalue weighted by Gasteiger charge is 2.15. The Morgan fingerprint density at radius 1 is 1.41 bits per heavy atom. The minimum absolute atomic E-state index is 0.126. The molecule has 6 heteroatoms. The number of nitrogens with one attached hydrogen (secondary N) is 1. The molecule has 1 atom stereocenters. The SMILES string of the molecule is COc1ccc(CNCC(O)C(F)F)cc1F. The van der Waals surface area contributed by atoms with Crippen LogP contribution in [0.3, 0.4) is 0 Å². The molecule has 0 aromatic heterocycles. The monoisotopic (exact) mass is 249 g/mol. The van der Waals surface area contributed by atoms with Gasteiger partial charge >= 0.3 is 0 Å². The van der Waals surface area contributed by atoms with Crippen molar-refractivity contribution in [3.05, 3.63) is 29.6 Å². The van der Waals surface area contributed by atoms with Crippen LogP contribution < -0.4 is 10.1 Å². The molecule has 1 unspecified atom stereocenters. The average Bonchev–Trinajstić information content (AvgIpc) is 2.29. The first-order valence-corrected chi connectivity index (χ1v) is 5.04. The molecule has 0 heterocycles. The van der Waals surface area contributed by atoms with E-state index in [0.717, 1.165) is 0 Å². The Morgan fingerprint density at radius 3 is 2.65 bits per heavy atom. The zero-order valence-corrected chi connectivity index (χ0v) is 9.29. The van der Waals surface area contributed by atoms with Crippen molar-refractivity contribution in [3.63, 3.8) is 0 Å². The van der Waals surface area contributed by atoms with E-state index in [1.165, 1.54) is 19.2 Å². The number of ether oxygens (including phenoxy) is 1. The zero-order valence-electron chi connectivity index (χ0n) is 9.29. The number of halogens is 3. The number of alkyl halides is 2. The van der Waals surface area contributed by atoms with Gasteiger partial charge < -0.3 is 15.2 Å². The molecular weight excluding hydrogens is 235 g/mol. The fraction of sp³-hybridized carbons (Fsp3) is 0.455. The minimum Gasteiger partial charge on any atom is -0.494 e. The van der Waals surface area contributed by atoms with Crippen LogP contribution in [0.2, 0.25) is 0 Å². The maximum absolute atomic E-state index is 13.2. The topological polar surface area (TPSA) is 41.5 Å². The first kappa shape index (κ1) is 13.8. The van der Waals surface area contributed by atoms with Gasteiger partial charge in [-0.25, -0.2) is 13.2 Å². The predicted octanol–water partition coefficient (Wildman–Crippen LogP) is 1.55. The fourth-order valence-electron chi connectivity index (χ4n) is 1.27. The van der Waals surface area contributed by atoms with Gasteiger partial charge in [-0.3, -0.25) is 0 Å². The number of methoxy groups -OCH3 is 1. The van der Waals surface area contributed by atoms with Crippen molar-refractivity contribution in [2.75, 3.05) is 13.7 Å².